The predicted octanol–water partition coefficient (Wildman–Crippen LogP) is 3.31. The summed E-state index contributed by atoms with van der Waals surface area (Å²) in [5.74, 6) is 0.392. The number of nitrogens with one attached hydrogen (secondary N) is 1. The van der Waals surface area contributed by atoms with E-state index in [1.165, 1.54) is 12.8 Å². The van der Waals surface area contributed by atoms with Crippen LogP contribution in [-0.4, -0.2) is 23.6 Å². The zero-order valence-corrected chi connectivity index (χ0v) is 11.1. The van der Waals surface area contributed by atoms with E-state index in [-0.39, 0.29) is 11.5 Å². The number of ether oxygens (including phenoxy) is 1. The molecule has 0 aliphatic heterocycles. The Morgan fingerprint density at radius 3 is 2.56 bits per heavy atom. The molecule has 0 bridgehead atoms. The first kappa shape index (κ1) is 13.6. The van der Waals surface area contributed by atoms with Gasteiger partial charge in [0.25, 0.3) is 0 Å². The predicted molar refractivity (Wildman–Crippen MR) is 65.8 cm³/mol. The summed E-state index contributed by atoms with van der Waals surface area (Å²) in [7, 11) is 0. The molecule has 1 fully saturated rings. The zero-order valence-electron chi connectivity index (χ0n) is 10.4. The lowest BCUT2D eigenvalue weighted by atomic mass is 9.89. The Balaban J connectivity index is 2.25. The Hall–Kier alpha value is -0.440. The number of rotatable bonds is 2. The van der Waals surface area contributed by atoms with Crippen LogP contribution in [0.5, 0.6) is 0 Å². The van der Waals surface area contributed by atoms with Crippen LogP contribution in [0, 0.1) is 5.92 Å². The van der Waals surface area contributed by atoms with E-state index in [0.717, 1.165) is 12.8 Å². The van der Waals surface area contributed by atoms with E-state index in [2.05, 4.69) is 5.32 Å². The number of amides is 1. The first-order valence-electron chi connectivity index (χ1n) is 5.99. The van der Waals surface area contributed by atoms with Gasteiger partial charge in [-0.05, 0) is 39.5 Å². The molecule has 1 saturated carbocycles. The van der Waals surface area contributed by atoms with Crippen molar-refractivity contribution in [2.45, 2.75) is 57.4 Å². The molecule has 4 heteroatoms. The highest BCUT2D eigenvalue weighted by Gasteiger charge is 2.24. The highest BCUT2D eigenvalue weighted by atomic mass is 35.5. The lowest BCUT2D eigenvalue weighted by Gasteiger charge is -2.27. The van der Waals surface area contributed by atoms with Crippen molar-refractivity contribution in [3.8, 4) is 0 Å². The average molecular weight is 248 g/mol. The average Bonchev–Trinajstić information content (AvgIpc) is 2.14. The second-order valence-electron chi connectivity index (χ2n) is 5.44. The van der Waals surface area contributed by atoms with Gasteiger partial charge < -0.3 is 10.1 Å². The van der Waals surface area contributed by atoms with E-state index in [0.29, 0.717) is 12.5 Å². The maximum absolute atomic E-state index is 11.4. The molecular weight excluding hydrogens is 226 g/mol. The number of carbonyl (C=O) groups excluding carboxylic acids is 1. The van der Waals surface area contributed by atoms with Gasteiger partial charge in [-0.2, -0.15) is 0 Å². The molecule has 2 atom stereocenters. The molecule has 1 aliphatic carbocycles. The monoisotopic (exact) mass is 247 g/mol. The molecule has 16 heavy (non-hydrogen) atoms. The number of alkyl carbamates (subject to hydrolysis) is 1. The molecule has 3 nitrogen and oxygen atoms in total. The normalized spacial score (nSPS) is 26.2. The number of hydrogen-bond acceptors (Lipinski definition) is 2. The molecular formula is C12H22ClNO2. The van der Waals surface area contributed by atoms with Gasteiger partial charge in [-0.3, -0.25) is 0 Å². The van der Waals surface area contributed by atoms with Crippen molar-refractivity contribution < 1.29 is 9.53 Å². The summed E-state index contributed by atoms with van der Waals surface area (Å²) in [6.45, 7) is 6.20. The molecule has 1 amide bonds. The molecule has 1 rings (SSSR count). The molecule has 0 spiro atoms. The fourth-order valence-electron chi connectivity index (χ4n) is 1.92. The standard InChI is InChI=1S/C12H22ClNO2/c1-12(2,3)16-11(15)14-8-9-6-4-5-7-10(9)13/h9-10H,4-8H2,1-3H3,(H,14,15). The van der Waals surface area contributed by atoms with Gasteiger partial charge in [0.1, 0.15) is 5.60 Å². The minimum Gasteiger partial charge on any atom is -0.444 e. The summed E-state index contributed by atoms with van der Waals surface area (Å²) in [5.41, 5.74) is -0.434. The topological polar surface area (TPSA) is 38.3 Å². The largest absolute Gasteiger partial charge is 0.444 e. The van der Waals surface area contributed by atoms with Crippen LogP contribution in [0.3, 0.4) is 0 Å². The van der Waals surface area contributed by atoms with Crippen molar-refractivity contribution in [3.63, 3.8) is 0 Å². The fourth-order valence-corrected chi connectivity index (χ4v) is 2.29. The van der Waals surface area contributed by atoms with E-state index in [1.54, 1.807) is 0 Å². The molecule has 0 radical (unpaired) electrons. The Labute approximate surface area is 103 Å². The van der Waals surface area contributed by atoms with Gasteiger partial charge in [-0.15, -0.1) is 11.6 Å². The van der Waals surface area contributed by atoms with E-state index in [4.69, 9.17) is 16.3 Å². The number of halogens is 1. The Morgan fingerprint density at radius 1 is 1.38 bits per heavy atom. The van der Waals surface area contributed by atoms with Crippen LogP contribution >= 0.6 is 11.6 Å². The Morgan fingerprint density at radius 2 is 2.00 bits per heavy atom. The van der Waals surface area contributed by atoms with Gasteiger partial charge in [0.2, 0.25) is 0 Å². The van der Waals surface area contributed by atoms with Crippen LogP contribution in [0.4, 0.5) is 4.79 Å². The third kappa shape index (κ3) is 5.06. The Bertz CT molecular complexity index is 238. The van der Waals surface area contributed by atoms with Gasteiger partial charge in [0.15, 0.2) is 0 Å². The third-order valence-electron chi connectivity index (χ3n) is 2.72. The van der Waals surface area contributed by atoms with Gasteiger partial charge in [0.05, 0.1) is 0 Å². The van der Waals surface area contributed by atoms with E-state index in [1.807, 2.05) is 20.8 Å². The SMILES string of the molecule is CC(C)(C)OC(=O)NCC1CCCCC1Cl. The highest BCUT2D eigenvalue weighted by molar-refractivity contribution is 6.20. The molecule has 1 N–H and O–H groups in total. The Kier molecular flexibility index (Phi) is 4.90. The maximum atomic E-state index is 11.4. The molecule has 2 unspecified atom stereocenters. The van der Waals surface area contributed by atoms with Crippen molar-refractivity contribution in [3.05, 3.63) is 0 Å². The molecule has 0 aromatic rings. The summed E-state index contributed by atoms with van der Waals surface area (Å²) in [5, 5.41) is 2.99. The van der Waals surface area contributed by atoms with Crippen LogP contribution in [-0.2, 0) is 4.74 Å². The second kappa shape index (κ2) is 5.76. The number of hydrogen-bond donors (Lipinski definition) is 1. The summed E-state index contributed by atoms with van der Waals surface area (Å²) < 4.78 is 5.17. The number of carbonyl (C=O) groups is 1. The van der Waals surface area contributed by atoms with Crippen molar-refractivity contribution >= 4 is 17.7 Å². The molecule has 0 aromatic heterocycles. The van der Waals surface area contributed by atoms with Crippen molar-refractivity contribution in [1.82, 2.24) is 5.32 Å². The maximum Gasteiger partial charge on any atom is 0.407 e. The van der Waals surface area contributed by atoms with E-state index < -0.39 is 5.60 Å². The van der Waals surface area contributed by atoms with Crippen molar-refractivity contribution in [1.29, 1.82) is 0 Å². The summed E-state index contributed by atoms with van der Waals surface area (Å²) in [6.07, 6.45) is 4.23. The fraction of sp³-hybridized carbons (Fsp3) is 0.917. The lowest BCUT2D eigenvalue weighted by molar-refractivity contribution is 0.0516. The van der Waals surface area contributed by atoms with E-state index in [9.17, 15) is 4.79 Å². The lowest BCUT2D eigenvalue weighted by Crippen LogP contribution is -2.38. The minimum absolute atomic E-state index is 0.198. The molecule has 0 heterocycles. The molecule has 0 saturated heterocycles. The quantitative estimate of drug-likeness (QED) is 0.761. The van der Waals surface area contributed by atoms with Crippen LogP contribution in [0.2, 0.25) is 0 Å². The van der Waals surface area contributed by atoms with Gasteiger partial charge >= 0.3 is 6.09 Å². The third-order valence-corrected chi connectivity index (χ3v) is 3.30. The first-order chi connectivity index (χ1) is 7.38. The van der Waals surface area contributed by atoms with Crippen molar-refractivity contribution in [2.24, 2.45) is 5.92 Å². The summed E-state index contributed by atoms with van der Waals surface area (Å²) in [6, 6.07) is 0. The molecule has 1 aliphatic rings. The van der Waals surface area contributed by atoms with Crippen LogP contribution in [0.15, 0.2) is 0 Å². The number of alkyl halides is 1. The van der Waals surface area contributed by atoms with Gasteiger partial charge in [-0.25, -0.2) is 4.79 Å². The van der Waals surface area contributed by atoms with E-state index >= 15 is 0 Å². The highest BCUT2D eigenvalue weighted by Crippen LogP contribution is 2.28. The molecule has 0 aromatic carbocycles. The van der Waals surface area contributed by atoms with Crippen LogP contribution in [0.1, 0.15) is 46.5 Å². The summed E-state index contributed by atoms with van der Waals surface area (Å²) >= 11 is 6.21. The van der Waals surface area contributed by atoms with Gasteiger partial charge in [-0.1, -0.05) is 12.8 Å². The van der Waals surface area contributed by atoms with Gasteiger partial charge in [0, 0.05) is 11.9 Å². The summed E-state index contributed by atoms with van der Waals surface area (Å²) in [4.78, 5) is 11.4. The first-order valence-corrected chi connectivity index (χ1v) is 6.43. The minimum atomic E-state index is -0.434. The zero-order chi connectivity index (χ0) is 12.2. The van der Waals surface area contributed by atoms with Crippen LogP contribution in [0.25, 0.3) is 0 Å². The van der Waals surface area contributed by atoms with Crippen molar-refractivity contribution in [2.75, 3.05) is 6.54 Å². The molecule has 94 valence electrons. The second-order valence-corrected chi connectivity index (χ2v) is 6.00. The smallest absolute Gasteiger partial charge is 0.407 e. The van der Waals surface area contributed by atoms with Crippen LogP contribution < -0.4 is 5.32 Å².